The Morgan fingerprint density at radius 2 is 1.82 bits per heavy atom. The smallest absolute Gasteiger partial charge is 0.249 e. The topological polar surface area (TPSA) is 41.6 Å². The average molecular weight is 244 g/mol. The van der Waals surface area contributed by atoms with Gasteiger partial charge >= 0.3 is 0 Å². The molecule has 1 fully saturated rings. The molecule has 1 amide bonds. The lowest BCUT2D eigenvalue weighted by Crippen LogP contribution is -2.54. The second-order valence-corrected chi connectivity index (χ2v) is 4.73. The molecule has 1 rings (SSSR count). The SMILES string of the molecule is CC.COC(C)C(=O)NC1(C)CCN(C)CC1. The lowest BCUT2D eigenvalue weighted by Gasteiger charge is -2.39. The Bertz CT molecular complexity index is 223. The van der Waals surface area contributed by atoms with Crippen molar-refractivity contribution in [1.82, 2.24) is 10.2 Å². The lowest BCUT2D eigenvalue weighted by molar-refractivity contribution is -0.132. The summed E-state index contributed by atoms with van der Waals surface area (Å²) in [5.41, 5.74) is -0.0591. The van der Waals surface area contributed by atoms with Crippen molar-refractivity contribution in [3.63, 3.8) is 0 Å². The maximum atomic E-state index is 11.7. The number of piperidine rings is 1. The Labute approximate surface area is 106 Å². The molecule has 17 heavy (non-hydrogen) atoms. The first-order chi connectivity index (χ1) is 7.97. The summed E-state index contributed by atoms with van der Waals surface area (Å²) in [6.07, 6.45) is 1.65. The number of nitrogens with one attached hydrogen (secondary N) is 1. The molecule has 1 saturated heterocycles. The second-order valence-electron chi connectivity index (χ2n) is 4.73. The molecule has 0 aromatic rings. The molecule has 102 valence electrons. The van der Waals surface area contributed by atoms with Crippen molar-refractivity contribution in [2.45, 2.75) is 52.2 Å². The molecular weight excluding hydrogens is 216 g/mol. The molecule has 1 aliphatic rings. The molecule has 1 N–H and O–H groups in total. The predicted octanol–water partition coefficient (Wildman–Crippen LogP) is 1.65. The van der Waals surface area contributed by atoms with Crippen molar-refractivity contribution < 1.29 is 9.53 Å². The highest BCUT2D eigenvalue weighted by atomic mass is 16.5. The van der Waals surface area contributed by atoms with Crippen LogP contribution in [0, 0.1) is 0 Å². The van der Waals surface area contributed by atoms with Gasteiger partial charge < -0.3 is 15.0 Å². The van der Waals surface area contributed by atoms with Crippen LogP contribution in [-0.4, -0.2) is 49.7 Å². The summed E-state index contributed by atoms with van der Waals surface area (Å²) in [4.78, 5) is 14.0. The molecule has 0 radical (unpaired) electrons. The molecule has 4 nitrogen and oxygen atoms in total. The highest BCUT2D eigenvalue weighted by Gasteiger charge is 2.31. The minimum absolute atomic E-state index is 0.00967. The second kappa shape index (κ2) is 7.67. The quantitative estimate of drug-likeness (QED) is 0.821. The van der Waals surface area contributed by atoms with Crippen LogP contribution in [0.25, 0.3) is 0 Å². The van der Waals surface area contributed by atoms with Crippen molar-refractivity contribution in [2.24, 2.45) is 0 Å². The molecule has 0 aromatic carbocycles. The van der Waals surface area contributed by atoms with E-state index in [0.717, 1.165) is 25.9 Å². The van der Waals surface area contributed by atoms with Crippen molar-refractivity contribution in [1.29, 1.82) is 0 Å². The largest absolute Gasteiger partial charge is 0.372 e. The number of ether oxygens (including phenoxy) is 1. The maximum Gasteiger partial charge on any atom is 0.249 e. The third kappa shape index (κ3) is 5.50. The van der Waals surface area contributed by atoms with Gasteiger partial charge in [0.1, 0.15) is 6.10 Å². The summed E-state index contributed by atoms with van der Waals surface area (Å²) in [5, 5.41) is 3.08. The van der Waals surface area contributed by atoms with E-state index in [4.69, 9.17) is 4.74 Å². The van der Waals surface area contributed by atoms with Gasteiger partial charge in [-0.15, -0.1) is 0 Å². The molecule has 1 aliphatic heterocycles. The van der Waals surface area contributed by atoms with E-state index in [0.29, 0.717) is 0 Å². The molecular formula is C13H28N2O2. The van der Waals surface area contributed by atoms with Crippen LogP contribution in [0.5, 0.6) is 0 Å². The van der Waals surface area contributed by atoms with E-state index in [1.54, 1.807) is 14.0 Å². The number of hydrogen-bond acceptors (Lipinski definition) is 3. The summed E-state index contributed by atoms with van der Waals surface area (Å²) in [6.45, 7) is 9.96. The fraction of sp³-hybridized carbons (Fsp3) is 0.923. The molecule has 0 saturated carbocycles. The van der Waals surface area contributed by atoms with Crippen molar-refractivity contribution in [3.8, 4) is 0 Å². The van der Waals surface area contributed by atoms with E-state index in [2.05, 4.69) is 24.2 Å². The van der Waals surface area contributed by atoms with Crippen LogP contribution >= 0.6 is 0 Å². The Morgan fingerprint density at radius 1 is 1.35 bits per heavy atom. The zero-order valence-electron chi connectivity index (χ0n) is 12.2. The van der Waals surface area contributed by atoms with Gasteiger partial charge in [0.05, 0.1) is 0 Å². The van der Waals surface area contributed by atoms with Gasteiger partial charge in [0.15, 0.2) is 0 Å². The minimum Gasteiger partial charge on any atom is -0.372 e. The monoisotopic (exact) mass is 244 g/mol. The van der Waals surface area contributed by atoms with Crippen LogP contribution in [0.4, 0.5) is 0 Å². The zero-order valence-corrected chi connectivity index (χ0v) is 12.2. The Kier molecular flexibility index (Phi) is 7.39. The van der Waals surface area contributed by atoms with Crippen LogP contribution in [0.3, 0.4) is 0 Å². The lowest BCUT2D eigenvalue weighted by atomic mass is 9.89. The van der Waals surface area contributed by atoms with E-state index < -0.39 is 0 Å². The first kappa shape index (κ1) is 16.4. The molecule has 1 heterocycles. The summed E-state index contributed by atoms with van der Waals surface area (Å²) in [7, 11) is 3.67. The van der Waals surface area contributed by atoms with Crippen molar-refractivity contribution in [3.05, 3.63) is 0 Å². The van der Waals surface area contributed by atoms with Crippen LogP contribution in [-0.2, 0) is 9.53 Å². The molecule has 4 heteroatoms. The maximum absolute atomic E-state index is 11.7. The molecule has 1 unspecified atom stereocenters. The number of carbonyl (C=O) groups excluding carboxylic acids is 1. The van der Waals surface area contributed by atoms with Crippen LogP contribution < -0.4 is 5.32 Å². The van der Waals surface area contributed by atoms with Gasteiger partial charge in [0.25, 0.3) is 0 Å². The van der Waals surface area contributed by atoms with Gasteiger partial charge in [-0.05, 0) is 33.7 Å². The van der Waals surface area contributed by atoms with Gasteiger partial charge in [-0.2, -0.15) is 0 Å². The Morgan fingerprint density at radius 3 is 2.24 bits per heavy atom. The number of rotatable bonds is 3. The molecule has 0 aliphatic carbocycles. The predicted molar refractivity (Wildman–Crippen MR) is 71.1 cm³/mol. The van der Waals surface area contributed by atoms with E-state index in [9.17, 15) is 4.79 Å². The fourth-order valence-corrected chi connectivity index (χ4v) is 1.74. The Hall–Kier alpha value is -0.610. The van der Waals surface area contributed by atoms with Gasteiger partial charge in [0.2, 0.25) is 5.91 Å². The van der Waals surface area contributed by atoms with Gasteiger partial charge in [-0.3, -0.25) is 4.79 Å². The van der Waals surface area contributed by atoms with Crippen LogP contribution in [0.15, 0.2) is 0 Å². The third-order valence-electron chi connectivity index (χ3n) is 3.24. The summed E-state index contributed by atoms with van der Waals surface area (Å²) in [5.74, 6) is -0.00967. The molecule has 0 spiro atoms. The number of hydrogen-bond donors (Lipinski definition) is 1. The molecule has 1 atom stereocenters. The first-order valence-electron chi connectivity index (χ1n) is 6.50. The molecule has 0 aromatic heterocycles. The normalized spacial score (nSPS) is 21.1. The molecule has 0 bridgehead atoms. The highest BCUT2D eigenvalue weighted by molar-refractivity contribution is 5.81. The fourth-order valence-electron chi connectivity index (χ4n) is 1.74. The van der Waals surface area contributed by atoms with Crippen LogP contribution in [0.2, 0.25) is 0 Å². The van der Waals surface area contributed by atoms with E-state index in [1.165, 1.54) is 0 Å². The summed E-state index contributed by atoms with van der Waals surface area (Å²) >= 11 is 0. The number of amides is 1. The van der Waals surface area contributed by atoms with Crippen molar-refractivity contribution >= 4 is 5.91 Å². The number of carbonyl (C=O) groups is 1. The Balaban J connectivity index is 0.00000121. The average Bonchev–Trinajstić information content (AvgIpc) is 2.34. The third-order valence-corrected chi connectivity index (χ3v) is 3.24. The van der Waals surface area contributed by atoms with Crippen LogP contribution in [0.1, 0.15) is 40.5 Å². The standard InChI is InChI=1S/C11H22N2O2.C2H6/c1-9(15-4)10(14)12-11(2)5-7-13(3)8-6-11;1-2/h9H,5-8H2,1-4H3,(H,12,14);1-2H3. The van der Waals surface area contributed by atoms with Gasteiger partial charge in [0, 0.05) is 25.7 Å². The number of nitrogens with zero attached hydrogens (tertiary/aromatic N) is 1. The highest BCUT2D eigenvalue weighted by Crippen LogP contribution is 2.20. The number of methoxy groups -OCH3 is 1. The van der Waals surface area contributed by atoms with Gasteiger partial charge in [-0.25, -0.2) is 0 Å². The first-order valence-corrected chi connectivity index (χ1v) is 6.50. The minimum atomic E-state index is -0.360. The summed E-state index contributed by atoms with van der Waals surface area (Å²) < 4.78 is 5.00. The van der Waals surface area contributed by atoms with E-state index in [-0.39, 0.29) is 17.6 Å². The zero-order chi connectivity index (χ0) is 13.5. The number of likely N-dealkylation sites (tertiary alicyclic amines) is 1. The van der Waals surface area contributed by atoms with E-state index in [1.807, 2.05) is 13.8 Å². The van der Waals surface area contributed by atoms with Gasteiger partial charge in [-0.1, -0.05) is 13.8 Å². The summed E-state index contributed by atoms with van der Waals surface area (Å²) in [6, 6.07) is 0. The van der Waals surface area contributed by atoms with E-state index >= 15 is 0 Å². The van der Waals surface area contributed by atoms with Crippen molar-refractivity contribution in [2.75, 3.05) is 27.2 Å².